The fourth-order valence-corrected chi connectivity index (χ4v) is 3.63. The summed E-state index contributed by atoms with van der Waals surface area (Å²) >= 11 is 5.93. The molecule has 0 saturated heterocycles. The zero-order valence-electron chi connectivity index (χ0n) is 14.6. The maximum Gasteiger partial charge on any atom is 0.265 e. The maximum atomic E-state index is 13.1. The van der Waals surface area contributed by atoms with Crippen molar-refractivity contribution in [1.29, 1.82) is 0 Å². The van der Waals surface area contributed by atoms with Gasteiger partial charge in [0.2, 0.25) is 0 Å². The molecule has 6 heteroatoms. The zero-order valence-corrected chi connectivity index (χ0v) is 15.4. The summed E-state index contributed by atoms with van der Waals surface area (Å²) in [4.78, 5) is 29.3. The summed E-state index contributed by atoms with van der Waals surface area (Å²) in [5, 5.41) is 11.2. The Hall–Kier alpha value is -2.89. The number of rotatable bonds is 4. The van der Waals surface area contributed by atoms with Gasteiger partial charge in [-0.2, -0.15) is 0 Å². The number of hydrogen-bond acceptors (Lipinski definition) is 4. The zero-order chi connectivity index (χ0) is 19.1. The van der Waals surface area contributed by atoms with E-state index in [2.05, 4.69) is 0 Å². The molecule has 0 bridgehead atoms. The molecule has 136 valence electrons. The summed E-state index contributed by atoms with van der Waals surface area (Å²) < 4.78 is 0. The molecule has 1 aliphatic heterocycles. The van der Waals surface area contributed by atoms with Crippen molar-refractivity contribution >= 4 is 45.6 Å². The van der Waals surface area contributed by atoms with Gasteiger partial charge >= 0.3 is 0 Å². The number of hydrogen-bond donors (Lipinski definition) is 1. The number of likely N-dealkylation sites (N-methyl/N-ethyl adjacent to an activating group) is 1. The number of halogens is 1. The lowest BCUT2D eigenvalue weighted by Gasteiger charge is -2.29. The Labute approximate surface area is 161 Å². The van der Waals surface area contributed by atoms with E-state index < -0.39 is 0 Å². The second-order valence-electron chi connectivity index (χ2n) is 6.43. The van der Waals surface area contributed by atoms with Gasteiger partial charge in [0.05, 0.1) is 12.3 Å². The van der Waals surface area contributed by atoms with Crippen LogP contribution in [0.4, 0.5) is 11.4 Å². The van der Waals surface area contributed by atoms with Crippen LogP contribution in [0.25, 0.3) is 10.8 Å². The molecule has 2 amide bonds. The van der Waals surface area contributed by atoms with Gasteiger partial charge in [-0.1, -0.05) is 23.7 Å². The number of amides is 2. The fraction of sp³-hybridized carbons (Fsp3) is 0.143. The average molecular weight is 381 g/mol. The number of anilines is 2. The van der Waals surface area contributed by atoms with Crippen LogP contribution in [0.2, 0.25) is 5.02 Å². The largest absolute Gasteiger partial charge is 0.395 e. The Morgan fingerprint density at radius 1 is 0.963 bits per heavy atom. The van der Waals surface area contributed by atoms with Crippen molar-refractivity contribution in [2.75, 3.05) is 30.0 Å². The Bertz CT molecular complexity index is 1040. The predicted octanol–water partition coefficient (Wildman–Crippen LogP) is 3.72. The summed E-state index contributed by atoms with van der Waals surface area (Å²) in [6.07, 6.45) is 0. The van der Waals surface area contributed by atoms with Crippen LogP contribution in [0.5, 0.6) is 0 Å². The van der Waals surface area contributed by atoms with Gasteiger partial charge in [-0.15, -0.1) is 0 Å². The second kappa shape index (κ2) is 6.68. The summed E-state index contributed by atoms with van der Waals surface area (Å²) in [5.74, 6) is -0.718. The number of aliphatic hydroxyl groups excluding tert-OH is 1. The lowest BCUT2D eigenvalue weighted by molar-refractivity contribution is 0.0893. The molecule has 0 atom stereocenters. The molecule has 1 heterocycles. The van der Waals surface area contributed by atoms with E-state index in [0.717, 1.165) is 11.1 Å². The molecule has 0 radical (unpaired) electrons. The third-order valence-corrected chi connectivity index (χ3v) is 5.07. The Morgan fingerprint density at radius 2 is 1.63 bits per heavy atom. The van der Waals surface area contributed by atoms with E-state index in [9.17, 15) is 14.7 Å². The lowest BCUT2D eigenvalue weighted by Crippen LogP contribution is -2.40. The van der Waals surface area contributed by atoms with Gasteiger partial charge in [0, 0.05) is 46.2 Å². The molecule has 0 spiro atoms. The van der Waals surface area contributed by atoms with E-state index in [1.54, 1.807) is 36.4 Å². The molecule has 0 unspecified atom stereocenters. The van der Waals surface area contributed by atoms with Gasteiger partial charge in [-0.05, 0) is 42.5 Å². The van der Waals surface area contributed by atoms with Crippen molar-refractivity contribution < 1.29 is 14.7 Å². The molecule has 3 aromatic carbocycles. The Kier molecular flexibility index (Phi) is 4.34. The monoisotopic (exact) mass is 380 g/mol. The Morgan fingerprint density at radius 3 is 2.30 bits per heavy atom. The van der Waals surface area contributed by atoms with Crippen LogP contribution in [0.3, 0.4) is 0 Å². The molecule has 5 nitrogen and oxygen atoms in total. The minimum absolute atomic E-state index is 0.0155. The van der Waals surface area contributed by atoms with Crippen molar-refractivity contribution in [3.05, 3.63) is 70.7 Å². The minimum atomic E-state index is -0.359. The van der Waals surface area contributed by atoms with Crippen LogP contribution < -0.4 is 9.80 Å². The second-order valence-corrected chi connectivity index (χ2v) is 6.86. The number of aliphatic hydroxyl groups is 1. The standard InChI is InChI=1S/C21H17ClN2O3/c1-23(11-12-25)18-10-9-17-19-15(18)3-2-4-16(19)20(26)24(21(17)27)14-7-5-13(22)6-8-14/h2-10,25H,11-12H2,1H3. The van der Waals surface area contributed by atoms with Crippen molar-refractivity contribution in [2.45, 2.75) is 0 Å². The first-order chi connectivity index (χ1) is 13.0. The summed E-state index contributed by atoms with van der Waals surface area (Å²) in [7, 11) is 1.87. The van der Waals surface area contributed by atoms with E-state index in [1.807, 2.05) is 30.1 Å². The van der Waals surface area contributed by atoms with Crippen molar-refractivity contribution in [2.24, 2.45) is 0 Å². The van der Waals surface area contributed by atoms with Gasteiger partial charge in [-0.25, -0.2) is 4.90 Å². The molecule has 1 N–H and O–H groups in total. The molecular weight excluding hydrogens is 364 g/mol. The van der Waals surface area contributed by atoms with Crippen LogP contribution in [0.1, 0.15) is 20.7 Å². The molecular formula is C21H17ClN2O3. The van der Waals surface area contributed by atoms with Gasteiger partial charge in [0.1, 0.15) is 0 Å². The highest BCUT2D eigenvalue weighted by atomic mass is 35.5. The molecule has 0 saturated carbocycles. The molecule has 27 heavy (non-hydrogen) atoms. The first kappa shape index (κ1) is 17.5. The Balaban J connectivity index is 1.91. The van der Waals surface area contributed by atoms with Crippen LogP contribution in [-0.2, 0) is 0 Å². The predicted molar refractivity (Wildman–Crippen MR) is 107 cm³/mol. The van der Waals surface area contributed by atoms with Crippen LogP contribution in [0, 0.1) is 0 Å². The number of benzene rings is 3. The molecule has 4 rings (SSSR count). The third-order valence-electron chi connectivity index (χ3n) is 4.82. The maximum absolute atomic E-state index is 13.1. The highest BCUT2D eigenvalue weighted by Crippen LogP contribution is 2.37. The van der Waals surface area contributed by atoms with Gasteiger partial charge in [0.15, 0.2) is 0 Å². The highest BCUT2D eigenvalue weighted by Gasteiger charge is 2.34. The average Bonchev–Trinajstić information content (AvgIpc) is 2.67. The van der Waals surface area contributed by atoms with Gasteiger partial charge in [0.25, 0.3) is 11.8 Å². The molecule has 0 aromatic heterocycles. The SMILES string of the molecule is CN(CCO)c1ccc2c3c(cccc13)C(=O)N(c1ccc(Cl)cc1)C2=O. The van der Waals surface area contributed by atoms with Crippen molar-refractivity contribution in [3.63, 3.8) is 0 Å². The third kappa shape index (κ3) is 2.76. The van der Waals surface area contributed by atoms with E-state index in [4.69, 9.17) is 11.6 Å². The lowest BCUT2D eigenvalue weighted by atomic mass is 9.92. The van der Waals surface area contributed by atoms with Gasteiger partial charge in [-0.3, -0.25) is 9.59 Å². The van der Waals surface area contributed by atoms with E-state index in [-0.39, 0.29) is 18.4 Å². The molecule has 0 aliphatic carbocycles. The highest BCUT2D eigenvalue weighted by molar-refractivity contribution is 6.36. The quantitative estimate of drug-likeness (QED) is 0.701. The summed E-state index contributed by atoms with van der Waals surface area (Å²) in [6, 6.07) is 15.7. The number of nitrogens with zero attached hydrogens (tertiary/aromatic N) is 2. The molecule has 3 aromatic rings. The van der Waals surface area contributed by atoms with Crippen molar-refractivity contribution in [1.82, 2.24) is 0 Å². The first-order valence-electron chi connectivity index (χ1n) is 8.55. The van der Waals surface area contributed by atoms with E-state index in [0.29, 0.717) is 33.8 Å². The molecule has 0 fully saturated rings. The number of imide groups is 1. The van der Waals surface area contributed by atoms with Crippen LogP contribution in [-0.4, -0.2) is 37.1 Å². The minimum Gasteiger partial charge on any atom is -0.395 e. The summed E-state index contributed by atoms with van der Waals surface area (Å²) in [6.45, 7) is 0.471. The van der Waals surface area contributed by atoms with E-state index in [1.165, 1.54) is 4.90 Å². The van der Waals surface area contributed by atoms with E-state index >= 15 is 0 Å². The fourth-order valence-electron chi connectivity index (χ4n) is 3.51. The summed E-state index contributed by atoms with van der Waals surface area (Å²) in [5.41, 5.74) is 2.32. The van der Waals surface area contributed by atoms with Crippen LogP contribution in [0.15, 0.2) is 54.6 Å². The van der Waals surface area contributed by atoms with Crippen molar-refractivity contribution in [3.8, 4) is 0 Å². The smallest absolute Gasteiger partial charge is 0.265 e. The normalized spacial score (nSPS) is 13.4. The number of carbonyl (C=O) groups excluding carboxylic acids is 2. The topological polar surface area (TPSA) is 60.9 Å². The van der Waals surface area contributed by atoms with Gasteiger partial charge < -0.3 is 10.0 Å². The first-order valence-corrected chi connectivity index (χ1v) is 8.93. The number of carbonyl (C=O) groups is 2. The molecule has 1 aliphatic rings. The van der Waals surface area contributed by atoms with Crippen LogP contribution >= 0.6 is 11.6 Å².